The molecule has 2 heterocycles. The minimum atomic E-state index is -0.324. The zero-order valence-corrected chi connectivity index (χ0v) is 17.9. The van der Waals surface area contributed by atoms with Crippen LogP contribution in [0.15, 0.2) is 60.8 Å². The number of amides is 1. The van der Waals surface area contributed by atoms with Gasteiger partial charge in [-0.25, -0.2) is 4.39 Å². The first kappa shape index (κ1) is 21.2. The highest BCUT2D eigenvalue weighted by Crippen LogP contribution is 2.23. The predicted octanol–water partition coefficient (Wildman–Crippen LogP) is 4.31. The first-order valence-corrected chi connectivity index (χ1v) is 10.9. The summed E-state index contributed by atoms with van der Waals surface area (Å²) in [5.74, 6) is 0.00503. The number of carbonyl (C=O) groups excluding carboxylic acids is 1. The molecular formula is C25H29FN4O. The van der Waals surface area contributed by atoms with Crippen molar-refractivity contribution in [2.24, 2.45) is 13.0 Å². The molecule has 1 fully saturated rings. The molecular weight excluding hydrogens is 391 g/mol. The number of anilines is 1. The van der Waals surface area contributed by atoms with E-state index in [4.69, 9.17) is 0 Å². The Labute approximate surface area is 182 Å². The summed E-state index contributed by atoms with van der Waals surface area (Å²) in [7, 11) is 1.84. The molecule has 2 aromatic carbocycles. The fourth-order valence-corrected chi connectivity index (χ4v) is 4.23. The van der Waals surface area contributed by atoms with Gasteiger partial charge in [-0.15, -0.1) is 0 Å². The van der Waals surface area contributed by atoms with Gasteiger partial charge in [-0.3, -0.25) is 9.48 Å². The average Bonchev–Trinajstić information content (AvgIpc) is 3.16. The van der Waals surface area contributed by atoms with Crippen LogP contribution in [-0.4, -0.2) is 40.2 Å². The monoisotopic (exact) mass is 420 g/mol. The maximum atomic E-state index is 13.1. The van der Waals surface area contributed by atoms with Crippen molar-refractivity contribution in [2.75, 3.05) is 25.0 Å². The molecule has 0 unspecified atom stereocenters. The van der Waals surface area contributed by atoms with E-state index in [9.17, 15) is 9.18 Å². The van der Waals surface area contributed by atoms with E-state index >= 15 is 0 Å². The summed E-state index contributed by atoms with van der Waals surface area (Å²) in [5, 5.41) is 7.41. The second kappa shape index (κ2) is 9.88. The van der Waals surface area contributed by atoms with Crippen LogP contribution in [-0.2, 0) is 19.9 Å². The molecule has 0 bridgehead atoms. The summed E-state index contributed by atoms with van der Waals surface area (Å²) in [4.78, 5) is 15.3. The van der Waals surface area contributed by atoms with Gasteiger partial charge in [0.05, 0.1) is 11.3 Å². The highest BCUT2D eigenvalue weighted by atomic mass is 19.1. The predicted molar refractivity (Wildman–Crippen MR) is 121 cm³/mol. The van der Waals surface area contributed by atoms with Crippen LogP contribution in [0.5, 0.6) is 0 Å². The number of nitrogens with zero attached hydrogens (tertiary/aromatic N) is 3. The molecule has 1 aliphatic rings. The van der Waals surface area contributed by atoms with Gasteiger partial charge in [0.1, 0.15) is 5.82 Å². The summed E-state index contributed by atoms with van der Waals surface area (Å²) >= 11 is 0. The van der Waals surface area contributed by atoms with E-state index in [-0.39, 0.29) is 11.7 Å². The minimum Gasteiger partial charge on any atom is -0.322 e. The minimum absolute atomic E-state index is 0.199. The molecule has 0 spiro atoms. The molecule has 1 aliphatic heterocycles. The van der Waals surface area contributed by atoms with Crippen molar-refractivity contribution in [1.82, 2.24) is 14.7 Å². The third-order valence-electron chi connectivity index (χ3n) is 6.00. The second-order valence-corrected chi connectivity index (χ2v) is 8.35. The topological polar surface area (TPSA) is 50.2 Å². The Bertz CT molecular complexity index is 992. The highest BCUT2D eigenvalue weighted by molar-refractivity contribution is 6.04. The largest absolute Gasteiger partial charge is 0.322 e. The molecule has 3 aromatic rings. The van der Waals surface area contributed by atoms with Gasteiger partial charge in [0, 0.05) is 25.5 Å². The van der Waals surface area contributed by atoms with Crippen LogP contribution in [0.2, 0.25) is 0 Å². The molecule has 0 atom stereocenters. The number of piperidine rings is 1. The van der Waals surface area contributed by atoms with Crippen LogP contribution in [0, 0.1) is 11.7 Å². The van der Waals surface area contributed by atoms with Crippen LogP contribution in [0.25, 0.3) is 0 Å². The fourth-order valence-electron chi connectivity index (χ4n) is 4.23. The van der Waals surface area contributed by atoms with Gasteiger partial charge in [0.15, 0.2) is 0 Å². The lowest BCUT2D eigenvalue weighted by atomic mass is 9.91. The van der Waals surface area contributed by atoms with Crippen LogP contribution >= 0.6 is 0 Å². The van der Waals surface area contributed by atoms with Gasteiger partial charge < -0.3 is 10.2 Å². The van der Waals surface area contributed by atoms with Crippen molar-refractivity contribution in [3.63, 3.8) is 0 Å². The van der Waals surface area contributed by atoms with Crippen molar-refractivity contribution in [1.29, 1.82) is 0 Å². The van der Waals surface area contributed by atoms with Gasteiger partial charge in [0.25, 0.3) is 5.91 Å². The Kier molecular flexibility index (Phi) is 6.77. The number of halogens is 1. The SMILES string of the molecule is Cn1cc(C(=O)Nc2ccc(F)cc2)c(CC2CCN(CCc3ccccc3)CC2)n1. The number of rotatable bonds is 7. The number of nitrogens with one attached hydrogen (secondary N) is 1. The molecule has 31 heavy (non-hydrogen) atoms. The van der Waals surface area contributed by atoms with Crippen molar-refractivity contribution in [3.8, 4) is 0 Å². The number of carbonyl (C=O) groups is 1. The van der Waals surface area contributed by atoms with Crippen LogP contribution in [0.3, 0.4) is 0 Å². The van der Waals surface area contributed by atoms with Crippen molar-refractivity contribution < 1.29 is 9.18 Å². The van der Waals surface area contributed by atoms with E-state index in [0.717, 1.165) is 51.0 Å². The Morgan fingerprint density at radius 1 is 1.10 bits per heavy atom. The number of aryl methyl sites for hydroxylation is 1. The molecule has 5 nitrogen and oxygen atoms in total. The number of aromatic nitrogens is 2. The maximum Gasteiger partial charge on any atom is 0.259 e. The Balaban J connectivity index is 1.31. The quantitative estimate of drug-likeness (QED) is 0.620. The molecule has 1 saturated heterocycles. The summed E-state index contributed by atoms with van der Waals surface area (Å²) in [5.41, 5.74) is 3.39. The van der Waals surface area contributed by atoms with Crippen LogP contribution in [0.4, 0.5) is 10.1 Å². The molecule has 0 aliphatic carbocycles. The summed E-state index contributed by atoms with van der Waals surface area (Å²) in [6, 6.07) is 16.4. The second-order valence-electron chi connectivity index (χ2n) is 8.35. The van der Waals surface area contributed by atoms with Crippen molar-refractivity contribution in [2.45, 2.75) is 25.7 Å². The Hall–Kier alpha value is -2.99. The molecule has 6 heteroatoms. The molecule has 4 rings (SSSR count). The zero-order valence-electron chi connectivity index (χ0n) is 17.9. The van der Waals surface area contributed by atoms with Gasteiger partial charge in [-0.1, -0.05) is 30.3 Å². The number of benzene rings is 2. The molecule has 0 radical (unpaired) electrons. The Morgan fingerprint density at radius 3 is 2.52 bits per heavy atom. The smallest absolute Gasteiger partial charge is 0.259 e. The van der Waals surface area contributed by atoms with Crippen LogP contribution in [0.1, 0.15) is 34.5 Å². The third kappa shape index (κ3) is 5.79. The van der Waals surface area contributed by atoms with Gasteiger partial charge >= 0.3 is 0 Å². The standard InChI is InChI=1S/C25H29FN4O/c1-29-18-23(25(31)27-22-9-7-21(26)8-10-22)24(28-29)17-20-12-15-30(16-13-20)14-11-19-5-3-2-4-6-19/h2-10,18,20H,11-17H2,1H3,(H,27,31). The van der Waals surface area contributed by atoms with Gasteiger partial charge in [0.2, 0.25) is 0 Å². The first-order chi connectivity index (χ1) is 15.1. The number of hydrogen-bond acceptors (Lipinski definition) is 3. The Morgan fingerprint density at radius 2 is 1.81 bits per heavy atom. The van der Waals surface area contributed by atoms with Gasteiger partial charge in [-0.05, 0) is 74.5 Å². The van der Waals surface area contributed by atoms with Gasteiger partial charge in [-0.2, -0.15) is 5.10 Å². The van der Waals surface area contributed by atoms with E-state index in [1.165, 1.54) is 17.7 Å². The molecule has 1 N–H and O–H groups in total. The lowest BCUT2D eigenvalue weighted by Crippen LogP contribution is -2.35. The van der Waals surface area contributed by atoms with E-state index in [1.807, 2.05) is 7.05 Å². The van der Waals surface area contributed by atoms with Crippen molar-refractivity contribution >= 4 is 11.6 Å². The van der Waals surface area contributed by atoms with Crippen LogP contribution < -0.4 is 5.32 Å². The first-order valence-electron chi connectivity index (χ1n) is 10.9. The van der Waals surface area contributed by atoms with E-state index in [2.05, 4.69) is 45.6 Å². The van der Waals surface area contributed by atoms with E-state index < -0.39 is 0 Å². The number of hydrogen-bond donors (Lipinski definition) is 1. The maximum absolute atomic E-state index is 13.1. The van der Waals surface area contributed by atoms with E-state index in [1.54, 1.807) is 23.0 Å². The normalized spacial score (nSPS) is 15.2. The highest BCUT2D eigenvalue weighted by Gasteiger charge is 2.23. The summed E-state index contributed by atoms with van der Waals surface area (Å²) in [6.45, 7) is 3.26. The molecule has 0 saturated carbocycles. The summed E-state index contributed by atoms with van der Waals surface area (Å²) < 4.78 is 14.8. The van der Waals surface area contributed by atoms with E-state index in [0.29, 0.717) is 17.2 Å². The van der Waals surface area contributed by atoms with Crippen molar-refractivity contribution in [3.05, 3.63) is 83.4 Å². The lowest BCUT2D eigenvalue weighted by Gasteiger charge is -2.31. The molecule has 1 amide bonds. The molecule has 162 valence electrons. The zero-order chi connectivity index (χ0) is 21.6. The third-order valence-corrected chi connectivity index (χ3v) is 6.00. The lowest BCUT2D eigenvalue weighted by molar-refractivity contribution is 0.102. The summed E-state index contributed by atoms with van der Waals surface area (Å²) in [6.07, 6.45) is 5.89. The molecule has 1 aromatic heterocycles. The number of likely N-dealkylation sites (tertiary alicyclic amines) is 1. The fraction of sp³-hybridized carbons (Fsp3) is 0.360. The average molecular weight is 421 g/mol.